The van der Waals surface area contributed by atoms with Crippen molar-refractivity contribution in [3.8, 4) is 0 Å². The summed E-state index contributed by atoms with van der Waals surface area (Å²) in [7, 11) is 0. The molecule has 2 nitrogen and oxygen atoms in total. The van der Waals surface area contributed by atoms with Crippen LogP contribution in [0.1, 0.15) is 46.5 Å². The van der Waals surface area contributed by atoms with E-state index in [1.807, 2.05) is 0 Å². The van der Waals surface area contributed by atoms with Crippen LogP contribution in [0, 0.1) is 11.3 Å². The molecule has 0 aliphatic heterocycles. The Kier molecular flexibility index (Phi) is 3.96. The first kappa shape index (κ1) is 12.7. The molecule has 0 aromatic carbocycles. The van der Waals surface area contributed by atoms with Gasteiger partial charge in [0, 0.05) is 0 Å². The van der Waals surface area contributed by atoms with Crippen LogP contribution in [0.25, 0.3) is 0 Å². The molecular formula is C13H24O2. The summed E-state index contributed by atoms with van der Waals surface area (Å²) < 4.78 is 0. The summed E-state index contributed by atoms with van der Waals surface area (Å²) in [4.78, 5) is 0. The highest BCUT2D eigenvalue weighted by Gasteiger charge is 2.35. The van der Waals surface area contributed by atoms with E-state index in [4.69, 9.17) is 5.11 Å². The van der Waals surface area contributed by atoms with Crippen molar-refractivity contribution in [1.82, 2.24) is 0 Å². The predicted octanol–water partition coefficient (Wildman–Crippen LogP) is 2.50. The van der Waals surface area contributed by atoms with E-state index in [1.54, 1.807) is 12.2 Å². The Balaban J connectivity index is 2.51. The highest BCUT2D eigenvalue weighted by atomic mass is 16.3. The highest BCUT2D eigenvalue weighted by Crippen LogP contribution is 2.41. The second-order valence-electron chi connectivity index (χ2n) is 5.83. The minimum absolute atomic E-state index is 0.0189. The van der Waals surface area contributed by atoms with Crippen molar-refractivity contribution >= 4 is 0 Å². The predicted molar refractivity (Wildman–Crippen MR) is 62.6 cm³/mol. The van der Waals surface area contributed by atoms with Gasteiger partial charge in [0.25, 0.3) is 0 Å². The third-order valence-corrected chi connectivity index (χ3v) is 3.61. The van der Waals surface area contributed by atoms with E-state index < -0.39 is 5.60 Å². The number of rotatable bonds is 2. The van der Waals surface area contributed by atoms with Crippen molar-refractivity contribution in [2.45, 2.75) is 52.1 Å². The van der Waals surface area contributed by atoms with E-state index in [2.05, 4.69) is 20.8 Å². The number of aliphatic hydroxyl groups is 2. The first-order valence-corrected chi connectivity index (χ1v) is 5.88. The molecule has 2 N–H and O–H groups in total. The van der Waals surface area contributed by atoms with Crippen molar-refractivity contribution in [2.75, 3.05) is 6.61 Å². The van der Waals surface area contributed by atoms with Crippen molar-refractivity contribution < 1.29 is 10.2 Å². The number of aliphatic hydroxyl groups excluding tert-OH is 1. The molecule has 2 heteroatoms. The fraction of sp³-hybridized carbons (Fsp3) is 0.846. The van der Waals surface area contributed by atoms with Gasteiger partial charge in [-0.3, -0.25) is 0 Å². The van der Waals surface area contributed by atoms with Crippen LogP contribution in [-0.4, -0.2) is 22.4 Å². The second kappa shape index (κ2) is 4.67. The van der Waals surface area contributed by atoms with E-state index in [-0.39, 0.29) is 6.61 Å². The molecule has 0 unspecified atom stereocenters. The molecule has 1 aliphatic carbocycles. The van der Waals surface area contributed by atoms with Gasteiger partial charge >= 0.3 is 0 Å². The van der Waals surface area contributed by atoms with Crippen molar-refractivity contribution in [2.24, 2.45) is 11.3 Å². The van der Waals surface area contributed by atoms with Crippen molar-refractivity contribution in [3.05, 3.63) is 12.2 Å². The summed E-state index contributed by atoms with van der Waals surface area (Å²) in [6, 6.07) is 0. The van der Waals surface area contributed by atoms with Gasteiger partial charge in [0.1, 0.15) is 0 Å². The largest absolute Gasteiger partial charge is 0.392 e. The molecule has 0 aromatic heterocycles. The Morgan fingerprint density at radius 3 is 2.20 bits per heavy atom. The molecule has 1 saturated carbocycles. The van der Waals surface area contributed by atoms with Gasteiger partial charge in [-0.05, 0) is 37.0 Å². The minimum Gasteiger partial charge on any atom is -0.392 e. The smallest absolute Gasteiger partial charge is 0.0828 e. The maximum Gasteiger partial charge on any atom is 0.0828 e. The van der Waals surface area contributed by atoms with E-state index in [0.717, 1.165) is 25.7 Å². The Hall–Kier alpha value is -0.340. The zero-order valence-corrected chi connectivity index (χ0v) is 10.2. The van der Waals surface area contributed by atoms with Gasteiger partial charge in [-0.15, -0.1) is 0 Å². The van der Waals surface area contributed by atoms with Gasteiger partial charge in [-0.25, -0.2) is 0 Å². The molecule has 0 atom stereocenters. The van der Waals surface area contributed by atoms with Gasteiger partial charge in [0.15, 0.2) is 0 Å². The summed E-state index contributed by atoms with van der Waals surface area (Å²) in [5, 5.41) is 18.9. The first-order chi connectivity index (χ1) is 6.87. The lowest BCUT2D eigenvalue weighted by molar-refractivity contribution is 0.0132. The Labute approximate surface area is 93.0 Å². The fourth-order valence-electron chi connectivity index (χ4n) is 2.42. The zero-order valence-electron chi connectivity index (χ0n) is 10.2. The molecule has 1 aliphatic rings. The second-order valence-corrected chi connectivity index (χ2v) is 5.83. The van der Waals surface area contributed by atoms with E-state index in [1.165, 1.54) is 0 Å². The molecule has 88 valence electrons. The molecule has 0 aromatic rings. The third-order valence-electron chi connectivity index (χ3n) is 3.61. The normalized spacial score (nSPS) is 33.5. The SMILES string of the molecule is CC(C)(C)C1CCC(O)(C=CCO)CC1. The first-order valence-electron chi connectivity index (χ1n) is 5.88. The summed E-state index contributed by atoms with van der Waals surface area (Å²) in [5.41, 5.74) is -0.313. The summed E-state index contributed by atoms with van der Waals surface area (Å²) in [6.07, 6.45) is 7.23. The quantitative estimate of drug-likeness (QED) is 0.690. The van der Waals surface area contributed by atoms with Gasteiger partial charge in [0.2, 0.25) is 0 Å². The molecule has 0 spiro atoms. The monoisotopic (exact) mass is 212 g/mol. The maximum atomic E-state index is 10.2. The Morgan fingerprint density at radius 2 is 1.80 bits per heavy atom. The molecule has 0 amide bonds. The molecule has 1 fully saturated rings. The molecule has 15 heavy (non-hydrogen) atoms. The minimum atomic E-state index is -0.662. The van der Waals surface area contributed by atoms with Crippen LogP contribution in [0.2, 0.25) is 0 Å². The van der Waals surface area contributed by atoms with E-state index >= 15 is 0 Å². The lowest BCUT2D eigenvalue weighted by Crippen LogP contribution is -2.35. The standard InChI is InChI=1S/C13H24O2/c1-12(2,3)11-5-8-13(15,9-6-11)7-4-10-14/h4,7,11,14-15H,5-6,8-10H2,1-3H3. The van der Waals surface area contributed by atoms with Crippen LogP contribution < -0.4 is 0 Å². The van der Waals surface area contributed by atoms with Gasteiger partial charge < -0.3 is 10.2 Å². The number of hydrogen-bond acceptors (Lipinski definition) is 2. The molecule has 0 radical (unpaired) electrons. The van der Waals surface area contributed by atoms with Gasteiger partial charge in [0.05, 0.1) is 12.2 Å². The van der Waals surface area contributed by atoms with Crippen molar-refractivity contribution in [1.29, 1.82) is 0 Å². The average molecular weight is 212 g/mol. The van der Waals surface area contributed by atoms with Crippen LogP contribution >= 0.6 is 0 Å². The summed E-state index contributed by atoms with van der Waals surface area (Å²) >= 11 is 0. The topological polar surface area (TPSA) is 40.5 Å². The Bertz CT molecular complexity index is 217. The number of hydrogen-bond donors (Lipinski definition) is 2. The molecule has 0 saturated heterocycles. The molecule has 0 heterocycles. The van der Waals surface area contributed by atoms with Crippen molar-refractivity contribution in [3.63, 3.8) is 0 Å². The zero-order chi connectivity index (χ0) is 11.5. The Morgan fingerprint density at radius 1 is 1.27 bits per heavy atom. The highest BCUT2D eigenvalue weighted by molar-refractivity contribution is 5.04. The summed E-state index contributed by atoms with van der Waals surface area (Å²) in [5.74, 6) is 0.709. The average Bonchev–Trinajstić information content (AvgIpc) is 2.14. The maximum absolute atomic E-state index is 10.2. The lowest BCUT2D eigenvalue weighted by atomic mass is 9.68. The fourth-order valence-corrected chi connectivity index (χ4v) is 2.42. The van der Waals surface area contributed by atoms with Crippen LogP contribution in [0.15, 0.2) is 12.2 Å². The third kappa shape index (κ3) is 3.62. The lowest BCUT2D eigenvalue weighted by Gasteiger charge is -2.40. The van der Waals surface area contributed by atoms with E-state index in [0.29, 0.717) is 11.3 Å². The van der Waals surface area contributed by atoms with Crippen LogP contribution in [0.5, 0.6) is 0 Å². The van der Waals surface area contributed by atoms with Crippen LogP contribution in [0.3, 0.4) is 0 Å². The summed E-state index contributed by atoms with van der Waals surface area (Å²) in [6.45, 7) is 6.83. The van der Waals surface area contributed by atoms with Crippen LogP contribution in [-0.2, 0) is 0 Å². The molecular weight excluding hydrogens is 188 g/mol. The van der Waals surface area contributed by atoms with Gasteiger partial charge in [-0.2, -0.15) is 0 Å². The molecule has 1 rings (SSSR count). The van der Waals surface area contributed by atoms with Gasteiger partial charge in [-0.1, -0.05) is 32.9 Å². The van der Waals surface area contributed by atoms with Crippen LogP contribution in [0.4, 0.5) is 0 Å². The molecule has 0 bridgehead atoms. The van der Waals surface area contributed by atoms with E-state index in [9.17, 15) is 5.11 Å².